The molecule has 1 fully saturated rings. The number of carboxylic acids is 2. The summed E-state index contributed by atoms with van der Waals surface area (Å²) in [6.45, 7) is 7.23. The third-order valence-electron chi connectivity index (χ3n) is 3.36. The van der Waals surface area contributed by atoms with Gasteiger partial charge in [0.25, 0.3) is 0 Å². The van der Waals surface area contributed by atoms with Crippen LogP contribution in [0.5, 0.6) is 0 Å². The smallest absolute Gasteiger partial charge is 0.317 e. The number of hydrogen-bond acceptors (Lipinski definition) is 6. The molecule has 0 aliphatic carbocycles. The molecule has 0 saturated carbocycles. The van der Waals surface area contributed by atoms with Crippen LogP contribution in [0.25, 0.3) is 0 Å². The molecule has 1 aliphatic heterocycles. The number of amides is 1. The molecule has 0 aromatic rings. The van der Waals surface area contributed by atoms with Crippen LogP contribution in [0.1, 0.15) is 6.92 Å². The minimum absolute atomic E-state index is 0.0124. The first-order chi connectivity index (χ1) is 10.4. The number of carbonyl (C=O) groups excluding carboxylic acids is 1. The van der Waals surface area contributed by atoms with Crippen molar-refractivity contribution < 1.29 is 24.6 Å². The van der Waals surface area contributed by atoms with Gasteiger partial charge in [-0.15, -0.1) is 0 Å². The van der Waals surface area contributed by atoms with Gasteiger partial charge >= 0.3 is 11.9 Å². The van der Waals surface area contributed by atoms with Gasteiger partial charge < -0.3 is 20.8 Å². The molecule has 1 amide bonds. The van der Waals surface area contributed by atoms with Crippen molar-refractivity contribution in [3.8, 4) is 0 Å². The molecule has 1 aliphatic rings. The second kappa shape index (κ2) is 11.9. The van der Waals surface area contributed by atoms with Crippen LogP contribution in [0.3, 0.4) is 0 Å². The van der Waals surface area contributed by atoms with E-state index in [2.05, 4.69) is 17.6 Å². The van der Waals surface area contributed by atoms with Gasteiger partial charge in [0.2, 0.25) is 6.41 Å². The van der Waals surface area contributed by atoms with E-state index < -0.39 is 11.9 Å². The molecule has 1 rings (SSSR count). The molecule has 0 unspecified atom stereocenters. The monoisotopic (exact) mass is 318 g/mol. The molecule has 0 bridgehead atoms. The van der Waals surface area contributed by atoms with Crippen molar-refractivity contribution >= 4 is 18.3 Å². The number of aliphatic carboxylic acids is 2. The van der Waals surface area contributed by atoms with Gasteiger partial charge in [0, 0.05) is 39.3 Å². The van der Waals surface area contributed by atoms with E-state index in [1.54, 1.807) is 0 Å². The summed E-state index contributed by atoms with van der Waals surface area (Å²) in [4.78, 5) is 36.1. The van der Waals surface area contributed by atoms with Crippen LogP contribution in [-0.2, 0) is 14.4 Å². The number of carboxylic acid groups (broad SMARTS) is 2. The molecular formula is C13H26N4O5. The molecule has 0 radical (unpaired) electrons. The summed E-state index contributed by atoms with van der Waals surface area (Å²) in [7, 11) is 0. The Kier molecular flexibility index (Phi) is 11.0. The predicted octanol–water partition coefficient (Wildman–Crippen LogP) is -1.80. The first-order valence-corrected chi connectivity index (χ1v) is 7.18. The van der Waals surface area contributed by atoms with Crippen LogP contribution < -0.4 is 5.73 Å². The van der Waals surface area contributed by atoms with Gasteiger partial charge in [-0.25, -0.2) is 0 Å². The first kappa shape index (κ1) is 20.3. The van der Waals surface area contributed by atoms with Gasteiger partial charge in [-0.05, 0) is 6.54 Å². The number of likely N-dealkylation sites (N-methyl/N-ethyl adjacent to an activating group) is 1. The Morgan fingerprint density at radius 1 is 0.909 bits per heavy atom. The lowest BCUT2D eigenvalue weighted by Crippen LogP contribution is -2.40. The molecule has 1 saturated heterocycles. The molecule has 22 heavy (non-hydrogen) atoms. The summed E-state index contributed by atoms with van der Waals surface area (Å²) in [6, 6.07) is 0. The highest BCUT2D eigenvalue weighted by molar-refractivity contribution is 5.69. The fourth-order valence-corrected chi connectivity index (χ4v) is 2.20. The predicted molar refractivity (Wildman–Crippen MR) is 80.5 cm³/mol. The largest absolute Gasteiger partial charge is 0.480 e. The van der Waals surface area contributed by atoms with Crippen molar-refractivity contribution in [2.45, 2.75) is 6.92 Å². The lowest BCUT2D eigenvalue weighted by molar-refractivity contribution is -0.140. The van der Waals surface area contributed by atoms with Gasteiger partial charge in [0.1, 0.15) is 0 Å². The third-order valence-corrected chi connectivity index (χ3v) is 3.36. The lowest BCUT2D eigenvalue weighted by Gasteiger charge is -2.23. The van der Waals surface area contributed by atoms with Crippen LogP contribution in [0.4, 0.5) is 0 Å². The van der Waals surface area contributed by atoms with Gasteiger partial charge in [-0.3, -0.25) is 24.2 Å². The van der Waals surface area contributed by atoms with Crippen LogP contribution in [0.15, 0.2) is 0 Å². The minimum Gasteiger partial charge on any atom is -0.480 e. The van der Waals surface area contributed by atoms with E-state index in [0.717, 1.165) is 19.6 Å². The molecule has 128 valence electrons. The Morgan fingerprint density at radius 2 is 1.18 bits per heavy atom. The lowest BCUT2D eigenvalue weighted by atomic mass is 10.4. The normalized spacial score (nSPS) is 18.2. The average molecular weight is 318 g/mol. The van der Waals surface area contributed by atoms with E-state index >= 15 is 0 Å². The second-order valence-corrected chi connectivity index (χ2v) is 4.91. The highest BCUT2D eigenvalue weighted by Crippen LogP contribution is 2.00. The summed E-state index contributed by atoms with van der Waals surface area (Å²) in [5.74, 6) is -1.68. The van der Waals surface area contributed by atoms with E-state index in [1.807, 2.05) is 9.80 Å². The topological polar surface area (TPSA) is 127 Å². The number of nitrogens with two attached hydrogens (primary N) is 1. The van der Waals surface area contributed by atoms with Crippen molar-refractivity contribution in [2.75, 3.05) is 58.9 Å². The van der Waals surface area contributed by atoms with Gasteiger partial charge in [-0.2, -0.15) is 0 Å². The van der Waals surface area contributed by atoms with Crippen molar-refractivity contribution in [1.29, 1.82) is 0 Å². The molecular weight excluding hydrogens is 292 g/mol. The average Bonchev–Trinajstić information content (AvgIpc) is 2.51. The van der Waals surface area contributed by atoms with Gasteiger partial charge in [0.15, 0.2) is 0 Å². The Labute approximate surface area is 130 Å². The third kappa shape index (κ3) is 10.1. The Balaban J connectivity index is 0.00000135. The minimum atomic E-state index is -0.841. The summed E-state index contributed by atoms with van der Waals surface area (Å²) in [5, 5.41) is 17.7. The number of carbonyl (C=O) groups is 3. The standard InChI is InChI=1S/C12H23N3O4.CH3NO/c1-2-13-3-5-14(9-11(16)17)7-8-15(6-4-13)10-12(18)19;2-1-3/h2-10H2,1H3,(H,16,17)(H,18,19);1H,(H2,2,3). The maximum absolute atomic E-state index is 10.8. The number of primary amides is 1. The number of rotatable bonds is 5. The van der Waals surface area contributed by atoms with Crippen molar-refractivity contribution in [3.63, 3.8) is 0 Å². The molecule has 9 nitrogen and oxygen atoms in total. The molecule has 4 N–H and O–H groups in total. The Hall–Kier alpha value is -1.71. The van der Waals surface area contributed by atoms with Crippen LogP contribution in [-0.4, -0.2) is 102 Å². The van der Waals surface area contributed by atoms with Crippen molar-refractivity contribution in [1.82, 2.24) is 14.7 Å². The molecule has 0 spiro atoms. The Morgan fingerprint density at radius 3 is 1.41 bits per heavy atom. The molecule has 9 heteroatoms. The molecule has 0 aromatic carbocycles. The van der Waals surface area contributed by atoms with E-state index in [4.69, 9.17) is 15.0 Å². The zero-order chi connectivity index (χ0) is 17.0. The Bertz CT molecular complexity index is 325. The molecule has 0 atom stereocenters. The number of hydrogen-bond donors (Lipinski definition) is 3. The van der Waals surface area contributed by atoms with E-state index in [-0.39, 0.29) is 19.5 Å². The van der Waals surface area contributed by atoms with Crippen molar-refractivity contribution in [2.24, 2.45) is 5.73 Å². The number of nitrogens with zero attached hydrogens (tertiary/aromatic N) is 3. The highest BCUT2D eigenvalue weighted by Gasteiger charge is 2.18. The fourth-order valence-electron chi connectivity index (χ4n) is 2.20. The SMILES string of the molecule is CCN1CCN(CC(=O)O)CCN(CC(=O)O)CC1.NC=O. The maximum atomic E-state index is 10.8. The maximum Gasteiger partial charge on any atom is 0.317 e. The summed E-state index contributed by atoms with van der Waals surface area (Å²) < 4.78 is 0. The van der Waals surface area contributed by atoms with E-state index in [0.29, 0.717) is 26.2 Å². The quantitative estimate of drug-likeness (QED) is 0.507. The van der Waals surface area contributed by atoms with E-state index in [1.165, 1.54) is 0 Å². The van der Waals surface area contributed by atoms with Crippen molar-refractivity contribution in [3.05, 3.63) is 0 Å². The highest BCUT2D eigenvalue weighted by atomic mass is 16.4. The molecule has 1 heterocycles. The second-order valence-electron chi connectivity index (χ2n) is 4.91. The molecule has 0 aromatic heterocycles. The first-order valence-electron chi connectivity index (χ1n) is 7.18. The van der Waals surface area contributed by atoms with Crippen LogP contribution in [0, 0.1) is 0 Å². The van der Waals surface area contributed by atoms with Gasteiger partial charge in [-0.1, -0.05) is 6.92 Å². The van der Waals surface area contributed by atoms with E-state index in [9.17, 15) is 9.59 Å². The zero-order valence-corrected chi connectivity index (χ0v) is 13.0. The zero-order valence-electron chi connectivity index (χ0n) is 13.0. The van der Waals surface area contributed by atoms with Crippen LogP contribution in [0.2, 0.25) is 0 Å². The fraction of sp³-hybridized carbons (Fsp3) is 0.769. The van der Waals surface area contributed by atoms with Crippen LogP contribution >= 0.6 is 0 Å². The van der Waals surface area contributed by atoms with Gasteiger partial charge in [0.05, 0.1) is 13.1 Å². The summed E-state index contributed by atoms with van der Waals surface area (Å²) >= 11 is 0. The summed E-state index contributed by atoms with van der Waals surface area (Å²) in [6.07, 6.45) is 0.250. The summed E-state index contributed by atoms with van der Waals surface area (Å²) in [5.41, 5.74) is 4.17.